The number of carbonyl (C=O) groups excluding carboxylic acids is 2. The predicted octanol–water partition coefficient (Wildman–Crippen LogP) is 2.10. The van der Waals surface area contributed by atoms with Gasteiger partial charge in [0.05, 0.1) is 17.4 Å². The first-order chi connectivity index (χ1) is 12.4. The normalized spacial score (nSPS) is 29.5. The molecule has 3 aliphatic rings. The van der Waals surface area contributed by atoms with Crippen LogP contribution in [-0.4, -0.2) is 40.9 Å². The van der Waals surface area contributed by atoms with Crippen LogP contribution >= 0.6 is 0 Å². The van der Waals surface area contributed by atoms with Crippen LogP contribution in [-0.2, 0) is 19.9 Å². The Morgan fingerprint density at radius 3 is 2.96 bits per heavy atom. The number of nitro groups is 1. The van der Waals surface area contributed by atoms with Gasteiger partial charge in [-0.25, -0.2) is 0 Å². The van der Waals surface area contributed by atoms with E-state index in [0.717, 1.165) is 12.8 Å². The number of carbonyl (C=O) groups is 2. The monoisotopic (exact) mass is 359 g/mol. The van der Waals surface area contributed by atoms with Gasteiger partial charge in [0.1, 0.15) is 5.54 Å². The molecule has 0 aliphatic carbocycles. The fraction of sp³-hybridized carbons (Fsp3) is 0.556. The summed E-state index contributed by atoms with van der Waals surface area (Å²) in [7, 11) is 0. The van der Waals surface area contributed by atoms with Gasteiger partial charge in [-0.2, -0.15) is 0 Å². The Balaban J connectivity index is 1.86. The molecule has 4 rings (SSSR count). The Morgan fingerprint density at radius 1 is 1.50 bits per heavy atom. The molecule has 1 aromatic carbocycles. The maximum absolute atomic E-state index is 13.1. The van der Waals surface area contributed by atoms with Gasteiger partial charge >= 0.3 is 5.97 Å². The summed E-state index contributed by atoms with van der Waals surface area (Å²) in [5.41, 5.74) is 0.857. The third kappa shape index (κ3) is 2.11. The number of nitrogens with zero attached hydrogens (tertiary/aromatic N) is 2. The molecule has 1 amide bonds. The van der Waals surface area contributed by atoms with Crippen molar-refractivity contribution in [2.24, 2.45) is 5.92 Å². The number of ether oxygens (including phenoxy) is 1. The summed E-state index contributed by atoms with van der Waals surface area (Å²) in [5, 5.41) is 14.2. The zero-order chi connectivity index (χ0) is 18.6. The number of esters is 1. The molecule has 8 nitrogen and oxygen atoms in total. The molecule has 0 radical (unpaired) electrons. The summed E-state index contributed by atoms with van der Waals surface area (Å²) in [5.74, 6) is -0.881. The second kappa shape index (κ2) is 5.77. The molecule has 3 aliphatic heterocycles. The highest BCUT2D eigenvalue weighted by Gasteiger charge is 2.63. The van der Waals surface area contributed by atoms with Crippen LogP contribution in [0.5, 0.6) is 0 Å². The van der Waals surface area contributed by atoms with Gasteiger partial charge in [0.15, 0.2) is 0 Å². The Hall–Kier alpha value is -2.48. The lowest BCUT2D eigenvalue weighted by Crippen LogP contribution is -2.47. The van der Waals surface area contributed by atoms with Crippen molar-refractivity contribution in [3.8, 4) is 0 Å². The lowest BCUT2D eigenvalue weighted by Gasteiger charge is -2.32. The maximum Gasteiger partial charge on any atom is 0.310 e. The van der Waals surface area contributed by atoms with Crippen molar-refractivity contribution in [1.82, 2.24) is 4.90 Å². The summed E-state index contributed by atoms with van der Waals surface area (Å²) in [6.45, 7) is 4.50. The molecule has 2 saturated heterocycles. The highest BCUT2D eigenvalue weighted by molar-refractivity contribution is 6.07. The van der Waals surface area contributed by atoms with Crippen molar-refractivity contribution >= 4 is 23.3 Å². The van der Waals surface area contributed by atoms with Gasteiger partial charge in [0, 0.05) is 29.4 Å². The second-order valence-corrected chi connectivity index (χ2v) is 7.22. The van der Waals surface area contributed by atoms with Gasteiger partial charge in [-0.3, -0.25) is 24.6 Å². The fourth-order valence-electron chi connectivity index (χ4n) is 4.94. The van der Waals surface area contributed by atoms with Crippen LogP contribution in [0.15, 0.2) is 12.1 Å². The van der Waals surface area contributed by atoms with Gasteiger partial charge < -0.3 is 10.1 Å². The molecule has 138 valence electrons. The first-order valence-electron chi connectivity index (χ1n) is 8.94. The van der Waals surface area contributed by atoms with E-state index in [2.05, 4.69) is 10.2 Å². The maximum atomic E-state index is 13.1. The van der Waals surface area contributed by atoms with E-state index in [1.165, 1.54) is 12.1 Å². The number of aryl methyl sites for hydroxylation is 1. The van der Waals surface area contributed by atoms with Gasteiger partial charge in [0.25, 0.3) is 5.69 Å². The van der Waals surface area contributed by atoms with Crippen LogP contribution in [0.4, 0.5) is 11.4 Å². The Kier molecular flexibility index (Phi) is 3.76. The summed E-state index contributed by atoms with van der Waals surface area (Å²) < 4.78 is 5.24. The van der Waals surface area contributed by atoms with Crippen molar-refractivity contribution in [2.75, 3.05) is 18.5 Å². The van der Waals surface area contributed by atoms with Crippen molar-refractivity contribution in [3.05, 3.63) is 33.4 Å². The molecular weight excluding hydrogens is 338 g/mol. The largest absolute Gasteiger partial charge is 0.466 e. The number of anilines is 1. The SMILES string of the molecule is CCOC(=O)C1CC2(C(=O)Nc3c(C)cc([N+](=O)[O-])cc32)N2CCCC12. The Morgan fingerprint density at radius 2 is 2.27 bits per heavy atom. The van der Waals surface area contributed by atoms with E-state index >= 15 is 0 Å². The van der Waals surface area contributed by atoms with Crippen LogP contribution in [0.25, 0.3) is 0 Å². The van der Waals surface area contributed by atoms with Crippen LogP contribution in [0, 0.1) is 23.0 Å². The molecule has 0 saturated carbocycles. The number of hydrogen-bond acceptors (Lipinski definition) is 6. The van der Waals surface area contributed by atoms with Gasteiger partial charge in [0.2, 0.25) is 5.91 Å². The Bertz CT molecular complexity index is 823. The lowest BCUT2D eigenvalue weighted by molar-refractivity contribution is -0.385. The van der Waals surface area contributed by atoms with E-state index < -0.39 is 16.4 Å². The number of rotatable bonds is 3. The molecule has 0 aromatic heterocycles. The minimum atomic E-state index is -1.02. The lowest BCUT2D eigenvalue weighted by atomic mass is 9.83. The van der Waals surface area contributed by atoms with E-state index in [4.69, 9.17) is 4.74 Å². The first-order valence-corrected chi connectivity index (χ1v) is 8.94. The molecule has 1 spiro atoms. The number of benzene rings is 1. The van der Waals surface area contributed by atoms with Crippen LogP contribution in [0.3, 0.4) is 0 Å². The number of amides is 1. The molecule has 26 heavy (non-hydrogen) atoms. The van der Waals surface area contributed by atoms with Crippen LogP contribution in [0.1, 0.15) is 37.3 Å². The summed E-state index contributed by atoms with van der Waals surface area (Å²) >= 11 is 0. The minimum Gasteiger partial charge on any atom is -0.466 e. The number of non-ortho nitro benzene ring substituents is 1. The molecular formula is C18H21N3O5. The zero-order valence-electron chi connectivity index (χ0n) is 14.8. The van der Waals surface area contributed by atoms with Crippen molar-refractivity contribution < 1.29 is 19.2 Å². The van der Waals surface area contributed by atoms with E-state index in [9.17, 15) is 19.7 Å². The fourth-order valence-corrected chi connectivity index (χ4v) is 4.94. The highest BCUT2D eigenvalue weighted by Crippen LogP contribution is 2.55. The van der Waals surface area contributed by atoms with Crippen molar-refractivity contribution in [1.29, 1.82) is 0 Å². The quantitative estimate of drug-likeness (QED) is 0.504. The Labute approximate surface area is 150 Å². The van der Waals surface area contributed by atoms with E-state index in [0.29, 0.717) is 36.4 Å². The number of hydrogen-bond donors (Lipinski definition) is 1. The molecule has 1 aromatic rings. The van der Waals surface area contributed by atoms with Crippen molar-refractivity contribution in [3.63, 3.8) is 0 Å². The molecule has 8 heteroatoms. The van der Waals surface area contributed by atoms with Gasteiger partial charge in [-0.05, 0) is 45.2 Å². The minimum absolute atomic E-state index is 0.0348. The standard InChI is InChI=1S/C18H21N3O5/c1-3-26-16(22)12-9-18(20-6-4-5-14(12)20)13-8-11(21(24)25)7-10(2)15(13)19-17(18)23/h7-8,12,14H,3-6,9H2,1-2H3,(H,19,23). The average Bonchev–Trinajstić information content (AvgIpc) is 3.24. The molecule has 1 N–H and O–H groups in total. The van der Waals surface area contributed by atoms with E-state index in [-0.39, 0.29) is 23.6 Å². The number of fused-ring (bicyclic) bond motifs is 4. The predicted molar refractivity (Wildman–Crippen MR) is 92.6 cm³/mol. The molecule has 3 unspecified atom stereocenters. The van der Waals surface area contributed by atoms with Crippen molar-refractivity contribution in [2.45, 2.75) is 44.7 Å². The third-order valence-corrected chi connectivity index (χ3v) is 5.95. The molecule has 3 heterocycles. The summed E-state index contributed by atoms with van der Waals surface area (Å²) in [6, 6.07) is 2.89. The second-order valence-electron chi connectivity index (χ2n) is 7.22. The van der Waals surface area contributed by atoms with E-state index in [1.54, 1.807) is 13.8 Å². The van der Waals surface area contributed by atoms with E-state index in [1.807, 2.05) is 0 Å². The smallest absolute Gasteiger partial charge is 0.310 e. The third-order valence-electron chi connectivity index (χ3n) is 5.95. The highest BCUT2D eigenvalue weighted by atomic mass is 16.6. The average molecular weight is 359 g/mol. The van der Waals surface area contributed by atoms with Gasteiger partial charge in [-0.1, -0.05) is 0 Å². The first kappa shape index (κ1) is 17.0. The number of nitrogens with one attached hydrogen (secondary N) is 1. The molecule has 0 bridgehead atoms. The zero-order valence-corrected chi connectivity index (χ0v) is 14.8. The summed E-state index contributed by atoms with van der Waals surface area (Å²) in [4.78, 5) is 38.5. The van der Waals surface area contributed by atoms with Crippen LogP contribution < -0.4 is 5.32 Å². The number of nitro benzene ring substituents is 1. The molecule has 3 atom stereocenters. The molecule has 2 fully saturated rings. The topological polar surface area (TPSA) is 102 Å². The van der Waals surface area contributed by atoms with Crippen LogP contribution in [0.2, 0.25) is 0 Å². The van der Waals surface area contributed by atoms with Gasteiger partial charge in [-0.15, -0.1) is 0 Å². The summed E-state index contributed by atoms with van der Waals surface area (Å²) in [6.07, 6.45) is 2.01.